The van der Waals surface area contributed by atoms with Gasteiger partial charge in [-0.1, -0.05) is 542 Å². The first-order chi connectivity index (χ1) is 65.5. The highest BCUT2D eigenvalue weighted by molar-refractivity contribution is 5.82. The summed E-state index contributed by atoms with van der Waals surface area (Å²) in [4.78, 5) is 24.1. The standard InChI is InChI=1S/C118H210N8O6/c1-7-13-19-25-31-37-43-47-51-55-59-63-69-73-79-85-95-127-109-93-91-105(101-111(109)129-97-87-81-77-71-65-61-57-53-49-45-39-33-27-21-15-9-3)119-115-123-116(125-118(124-115)126-117-121-107-103-113(131-99-89-83-75-67-41-35-29-23-17-11-5)114(104-108(107)122-117)132-100-90-84-76-68-42-36-30-24-18-12-6)120-106-92-94-110(128-96-86-80-74-70-64-60-56-52-48-44-38-32-26-20-14-8-2)112(102-106)130-98-88-82-78-72-66-62-58-54-50-46-40-34-28-22-16-10-4/h91-94,101-104H,7-90,95-100H2,1-6H3,(H4,119,120,121,122,123,124,125,126). The zero-order valence-corrected chi connectivity index (χ0v) is 87.5. The van der Waals surface area contributed by atoms with Crippen LogP contribution in [0.15, 0.2) is 48.5 Å². The molecule has 0 aliphatic rings. The van der Waals surface area contributed by atoms with Crippen LogP contribution >= 0.6 is 0 Å². The van der Waals surface area contributed by atoms with Crippen molar-refractivity contribution in [1.82, 2.24) is 24.9 Å². The molecule has 0 fully saturated rings. The molecule has 4 N–H and O–H groups in total. The Morgan fingerprint density at radius 1 is 0.182 bits per heavy atom. The van der Waals surface area contributed by atoms with Crippen LogP contribution < -0.4 is 44.4 Å². The van der Waals surface area contributed by atoms with E-state index in [4.69, 9.17) is 48.4 Å². The van der Waals surface area contributed by atoms with Crippen molar-refractivity contribution < 1.29 is 28.4 Å². The van der Waals surface area contributed by atoms with Crippen LogP contribution in [0.2, 0.25) is 0 Å². The summed E-state index contributed by atoms with van der Waals surface area (Å²) in [5.41, 5.74) is 3.16. The number of hydrogen-bond acceptors (Lipinski definition) is 13. The van der Waals surface area contributed by atoms with Gasteiger partial charge >= 0.3 is 0 Å². The number of ether oxygens (including phenoxy) is 6. The molecule has 0 aliphatic heterocycles. The molecule has 5 rings (SSSR count). The predicted octanol–water partition coefficient (Wildman–Crippen LogP) is 40.1. The van der Waals surface area contributed by atoms with E-state index in [-0.39, 0.29) is 0 Å². The highest BCUT2D eigenvalue weighted by Gasteiger charge is 2.19. The average Bonchev–Trinajstić information content (AvgIpc) is 1.68. The second-order valence-electron chi connectivity index (χ2n) is 40.1. The molecule has 0 amide bonds. The minimum atomic E-state index is 0.307. The van der Waals surface area contributed by atoms with E-state index in [1.807, 2.05) is 6.07 Å². The lowest BCUT2D eigenvalue weighted by Crippen LogP contribution is -2.09. The van der Waals surface area contributed by atoms with E-state index in [0.717, 1.165) is 121 Å². The minimum Gasteiger partial charge on any atom is -0.490 e. The van der Waals surface area contributed by atoms with Gasteiger partial charge in [-0.2, -0.15) is 15.0 Å². The molecule has 0 radical (unpaired) electrons. The van der Waals surface area contributed by atoms with Gasteiger partial charge in [0.15, 0.2) is 34.5 Å². The van der Waals surface area contributed by atoms with E-state index in [2.05, 4.69) is 105 Å². The van der Waals surface area contributed by atoms with Crippen molar-refractivity contribution in [3.8, 4) is 34.5 Å². The van der Waals surface area contributed by atoms with Crippen molar-refractivity contribution in [2.45, 2.75) is 581 Å². The summed E-state index contributed by atoms with van der Waals surface area (Å²) >= 11 is 0. The summed E-state index contributed by atoms with van der Waals surface area (Å²) in [6.07, 6.45) is 111. The molecule has 0 aliphatic carbocycles. The van der Waals surface area contributed by atoms with E-state index >= 15 is 0 Å². The lowest BCUT2D eigenvalue weighted by atomic mass is 10.0. The van der Waals surface area contributed by atoms with Crippen LogP contribution in [0, 0.1) is 0 Å². The average molecular weight is 1840 g/mol. The first kappa shape index (κ1) is 117. The number of imidazole rings is 1. The van der Waals surface area contributed by atoms with Crippen molar-refractivity contribution in [3.05, 3.63) is 48.5 Å². The van der Waals surface area contributed by atoms with E-state index in [1.165, 1.54) is 475 Å². The summed E-state index contributed by atoms with van der Waals surface area (Å²) < 4.78 is 40.2. The molecule has 14 heteroatoms. The molecule has 5 aromatic rings. The van der Waals surface area contributed by atoms with Crippen LogP contribution in [-0.2, 0) is 0 Å². The van der Waals surface area contributed by atoms with Gasteiger partial charge in [-0.05, 0) is 62.8 Å². The van der Waals surface area contributed by atoms with Crippen LogP contribution in [0.1, 0.15) is 581 Å². The van der Waals surface area contributed by atoms with Crippen molar-refractivity contribution in [3.63, 3.8) is 0 Å². The molecule has 14 nitrogen and oxygen atoms in total. The van der Waals surface area contributed by atoms with Crippen LogP contribution in [0.4, 0.5) is 35.2 Å². The summed E-state index contributed by atoms with van der Waals surface area (Å²) in [7, 11) is 0. The van der Waals surface area contributed by atoms with E-state index < -0.39 is 0 Å². The zero-order valence-electron chi connectivity index (χ0n) is 87.5. The third-order valence-corrected chi connectivity index (χ3v) is 27.3. The molecule has 3 aromatic carbocycles. The molecule has 2 aromatic heterocycles. The van der Waals surface area contributed by atoms with Crippen molar-refractivity contribution >= 4 is 46.2 Å². The number of aromatic amines is 1. The number of unbranched alkanes of at least 4 members (excludes halogenated alkanes) is 78. The number of nitrogens with one attached hydrogen (secondary N) is 4. The number of benzene rings is 3. The number of fused-ring (bicyclic) bond motifs is 1. The van der Waals surface area contributed by atoms with E-state index in [1.54, 1.807) is 0 Å². The number of anilines is 6. The summed E-state index contributed by atoms with van der Waals surface area (Å²) in [5.74, 6) is 5.98. The molecule has 0 saturated carbocycles. The van der Waals surface area contributed by atoms with Crippen molar-refractivity contribution in [1.29, 1.82) is 0 Å². The van der Waals surface area contributed by atoms with Gasteiger partial charge in [-0.25, -0.2) is 4.98 Å². The van der Waals surface area contributed by atoms with Gasteiger partial charge in [0.25, 0.3) is 0 Å². The molecular weight excluding hydrogens is 1630 g/mol. The molecule has 0 bridgehead atoms. The monoisotopic (exact) mass is 1840 g/mol. The third kappa shape index (κ3) is 65.2. The normalized spacial score (nSPS) is 11.6. The van der Waals surface area contributed by atoms with Gasteiger partial charge in [-0.3, -0.25) is 5.32 Å². The molecule has 0 unspecified atom stereocenters. The third-order valence-electron chi connectivity index (χ3n) is 27.3. The van der Waals surface area contributed by atoms with Gasteiger partial charge in [0.1, 0.15) is 0 Å². The Labute approximate surface area is 814 Å². The van der Waals surface area contributed by atoms with Gasteiger partial charge in [0.05, 0.1) is 50.7 Å². The Hall–Kier alpha value is -5.66. The van der Waals surface area contributed by atoms with Crippen molar-refractivity contribution in [2.24, 2.45) is 0 Å². The van der Waals surface area contributed by atoms with Crippen LogP contribution in [-0.4, -0.2) is 64.6 Å². The number of nitrogens with zero attached hydrogens (tertiary/aromatic N) is 4. The Bertz CT molecular complexity index is 3120. The van der Waals surface area contributed by atoms with E-state index in [9.17, 15) is 0 Å². The molecule has 758 valence electrons. The highest BCUT2D eigenvalue weighted by atomic mass is 16.5. The van der Waals surface area contributed by atoms with Crippen LogP contribution in [0.5, 0.6) is 34.5 Å². The van der Waals surface area contributed by atoms with Gasteiger partial charge in [0, 0.05) is 35.6 Å². The topological polar surface area (TPSA) is 159 Å². The number of aromatic nitrogens is 5. The van der Waals surface area contributed by atoms with Crippen LogP contribution in [0.25, 0.3) is 11.0 Å². The molecule has 2 heterocycles. The fraction of sp³-hybridized carbons (Fsp3) is 0.814. The maximum absolute atomic E-state index is 6.78. The Kier molecular flexibility index (Phi) is 77.9. The zero-order chi connectivity index (χ0) is 93.3. The van der Waals surface area contributed by atoms with Crippen LogP contribution in [0.3, 0.4) is 0 Å². The SMILES string of the molecule is CCCCCCCCCCCCCCCCCCOc1ccc(Nc2nc(Nc3ccc(OCCCCCCCCCCCCCCCCCC)c(OCCCCCCCCCCCCCCCCCC)c3)nc(Nc3nc4cc(OCCCCCCCCCCCC)c(OCCCCCCCCCCCC)cc4[nH]3)n2)cc1OCCCCCCCCCCCCCCCCCC. The number of hydrogen-bond donors (Lipinski definition) is 4. The first-order valence-corrected chi connectivity index (χ1v) is 58.1. The Morgan fingerprint density at radius 3 is 0.568 bits per heavy atom. The summed E-state index contributed by atoms with van der Waals surface area (Å²) in [5, 5.41) is 10.7. The molecule has 0 saturated heterocycles. The molecule has 132 heavy (non-hydrogen) atoms. The molecule has 0 spiro atoms. The highest BCUT2D eigenvalue weighted by Crippen LogP contribution is 2.38. The fourth-order valence-electron chi connectivity index (χ4n) is 18.7. The molecular formula is C118H210N8O6. The first-order valence-electron chi connectivity index (χ1n) is 58.1. The van der Waals surface area contributed by atoms with Gasteiger partial charge in [0.2, 0.25) is 23.8 Å². The summed E-state index contributed by atoms with van der Waals surface area (Å²) in [6, 6.07) is 16.5. The van der Waals surface area contributed by atoms with Gasteiger partial charge in [-0.15, -0.1) is 0 Å². The largest absolute Gasteiger partial charge is 0.490 e. The lowest BCUT2D eigenvalue weighted by molar-refractivity contribution is 0.258. The quantitative estimate of drug-likeness (QED) is 0.0273. The maximum Gasteiger partial charge on any atom is 0.236 e. The lowest BCUT2D eigenvalue weighted by Gasteiger charge is -2.16. The second kappa shape index (κ2) is 88.1. The number of H-pyrrole nitrogens is 1. The van der Waals surface area contributed by atoms with Crippen molar-refractivity contribution in [2.75, 3.05) is 55.6 Å². The Morgan fingerprint density at radius 2 is 0.356 bits per heavy atom. The van der Waals surface area contributed by atoms with E-state index in [0.29, 0.717) is 63.4 Å². The molecule has 0 atom stereocenters. The summed E-state index contributed by atoms with van der Waals surface area (Å²) in [6.45, 7) is 17.6. The Balaban J connectivity index is 1.37. The number of rotatable bonds is 102. The minimum absolute atomic E-state index is 0.307. The smallest absolute Gasteiger partial charge is 0.236 e. The van der Waals surface area contributed by atoms with Gasteiger partial charge < -0.3 is 44.0 Å². The predicted molar refractivity (Wildman–Crippen MR) is 573 cm³/mol. The fourth-order valence-corrected chi connectivity index (χ4v) is 18.7. The second-order valence-corrected chi connectivity index (χ2v) is 40.1. The maximum atomic E-state index is 6.78.